The minimum absolute atomic E-state index is 0.0403. The molecule has 6 nitrogen and oxygen atoms in total. The molecule has 0 saturated carbocycles. The Morgan fingerprint density at radius 2 is 1.65 bits per heavy atom. The van der Waals surface area contributed by atoms with Crippen LogP contribution in [0.5, 0.6) is 5.75 Å². The highest BCUT2D eigenvalue weighted by molar-refractivity contribution is 6.52. The van der Waals surface area contributed by atoms with Gasteiger partial charge in [0.2, 0.25) is 0 Å². The molecule has 134 valence electrons. The van der Waals surface area contributed by atoms with Crippen LogP contribution in [0.1, 0.15) is 10.4 Å². The third-order valence-electron chi connectivity index (χ3n) is 3.68. The van der Waals surface area contributed by atoms with Crippen LogP contribution in [0.2, 0.25) is 10.0 Å². The van der Waals surface area contributed by atoms with Crippen LogP contribution in [0.4, 0.5) is 5.69 Å². The van der Waals surface area contributed by atoms with Gasteiger partial charge in [-0.3, -0.25) is 19.3 Å². The average Bonchev–Trinajstić information content (AvgIpc) is 2.86. The van der Waals surface area contributed by atoms with Crippen molar-refractivity contribution in [3.8, 4) is 5.75 Å². The first kappa shape index (κ1) is 18.2. The van der Waals surface area contributed by atoms with Crippen molar-refractivity contribution in [1.82, 2.24) is 0 Å². The maximum absolute atomic E-state index is 12.0. The van der Waals surface area contributed by atoms with Gasteiger partial charge in [0.1, 0.15) is 19.8 Å². The number of amides is 1. The standard InChI is InChI=1S/C18H13Cl2NO5/c19-12-5-3-6-13(20)17(12)26-9-8-25-15(22)10-21-14-7-2-1-4-11(14)16(23)18(21)24/h1-7H,8-10H2. The van der Waals surface area contributed by atoms with Crippen LogP contribution >= 0.6 is 23.2 Å². The number of hydrogen-bond acceptors (Lipinski definition) is 5. The molecule has 1 aliphatic heterocycles. The van der Waals surface area contributed by atoms with E-state index in [1.807, 2.05) is 0 Å². The molecule has 0 unspecified atom stereocenters. The first-order valence-electron chi connectivity index (χ1n) is 7.66. The second-order valence-corrected chi connectivity index (χ2v) is 6.17. The Kier molecular flexibility index (Phi) is 5.44. The molecule has 0 spiro atoms. The van der Waals surface area contributed by atoms with Crippen LogP contribution in [0, 0.1) is 0 Å². The van der Waals surface area contributed by atoms with Crippen molar-refractivity contribution < 1.29 is 23.9 Å². The molecule has 0 aromatic heterocycles. The Morgan fingerprint density at radius 3 is 2.38 bits per heavy atom. The molecule has 1 aliphatic rings. The Hall–Kier alpha value is -2.57. The zero-order valence-corrected chi connectivity index (χ0v) is 14.9. The minimum atomic E-state index is -0.748. The van der Waals surface area contributed by atoms with E-state index in [2.05, 4.69) is 0 Å². The number of esters is 1. The molecule has 0 saturated heterocycles. The second kappa shape index (κ2) is 7.76. The number of Topliss-reactive ketones (excluding diaryl/α,β-unsaturated/α-hetero) is 1. The number of halogens is 2. The van der Waals surface area contributed by atoms with Crippen LogP contribution in [0.25, 0.3) is 0 Å². The topological polar surface area (TPSA) is 72.9 Å². The van der Waals surface area contributed by atoms with Crippen LogP contribution in [-0.4, -0.2) is 37.4 Å². The quantitative estimate of drug-likeness (QED) is 0.428. The van der Waals surface area contributed by atoms with Crippen molar-refractivity contribution in [1.29, 1.82) is 0 Å². The average molecular weight is 394 g/mol. The predicted molar refractivity (Wildman–Crippen MR) is 96.0 cm³/mol. The Balaban J connectivity index is 1.52. The highest BCUT2D eigenvalue weighted by Crippen LogP contribution is 2.32. The van der Waals surface area contributed by atoms with Crippen LogP contribution < -0.4 is 9.64 Å². The number of ketones is 1. The van der Waals surface area contributed by atoms with Crippen molar-refractivity contribution in [2.24, 2.45) is 0 Å². The number of fused-ring (bicyclic) bond motifs is 1. The van der Waals surface area contributed by atoms with Crippen molar-refractivity contribution in [3.63, 3.8) is 0 Å². The number of anilines is 1. The summed E-state index contributed by atoms with van der Waals surface area (Å²) in [5, 5.41) is 0.697. The van der Waals surface area contributed by atoms with E-state index in [-0.39, 0.29) is 25.3 Å². The Bertz CT molecular complexity index is 863. The van der Waals surface area contributed by atoms with E-state index < -0.39 is 17.7 Å². The molecule has 26 heavy (non-hydrogen) atoms. The van der Waals surface area contributed by atoms with Gasteiger partial charge in [0, 0.05) is 0 Å². The Labute approximate surface area is 159 Å². The van der Waals surface area contributed by atoms with Crippen molar-refractivity contribution >= 4 is 46.5 Å². The summed E-state index contributed by atoms with van der Waals surface area (Å²) in [5.41, 5.74) is 0.681. The fourth-order valence-electron chi connectivity index (χ4n) is 2.50. The van der Waals surface area contributed by atoms with E-state index >= 15 is 0 Å². The second-order valence-electron chi connectivity index (χ2n) is 5.36. The third kappa shape index (κ3) is 3.66. The first-order valence-corrected chi connectivity index (χ1v) is 8.42. The zero-order valence-electron chi connectivity index (χ0n) is 13.4. The van der Waals surface area contributed by atoms with Gasteiger partial charge >= 0.3 is 5.97 Å². The fourth-order valence-corrected chi connectivity index (χ4v) is 3.01. The van der Waals surface area contributed by atoms with Gasteiger partial charge in [0.25, 0.3) is 11.7 Å². The Morgan fingerprint density at radius 1 is 0.962 bits per heavy atom. The highest BCUT2D eigenvalue weighted by Gasteiger charge is 2.36. The van der Waals surface area contributed by atoms with Gasteiger partial charge in [-0.25, -0.2) is 0 Å². The van der Waals surface area contributed by atoms with E-state index in [1.165, 1.54) is 0 Å². The molecule has 0 atom stereocenters. The van der Waals surface area contributed by atoms with E-state index in [9.17, 15) is 14.4 Å². The smallest absolute Gasteiger partial charge is 0.326 e. The number of carbonyl (C=O) groups is 3. The van der Waals surface area contributed by atoms with E-state index in [0.717, 1.165) is 4.90 Å². The van der Waals surface area contributed by atoms with Gasteiger partial charge < -0.3 is 9.47 Å². The number of rotatable bonds is 6. The number of hydrogen-bond donors (Lipinski definition) is 0. The molecule has 2 aromatic rings. The van der Waals surface area contributed by atoms with Gasteiger partial charge in [-0.2, -0.15) is 0 Å². The molecule has 2 aromatic carbocycles. The normalized spacial score (nSPS) is 12.9. The van der Waals surface area contributed by atoms with Crippen molar-refractivity contribution in [2.75, 3.05) is 24.7 Å². The number of nitrogens with zero attached hydrogens (tertiary/aromatic N) is 1. The predicted octanol–water partition coefficient (Wildman–Crippen LogP) is 3.14. The van der Waals surface area contributed by atoms with E-state index in [4.69, 9.17) is 32.7 Å². The van der Waals surface area contributed by atoms with Crippen LogP contribution in [-0.2, 0) is 14.3 Å². The SMILES string of the molecule is O=C(CN1C(=O)C(=O)c2ccccc21)OCCOc1c(Cl)cccc1Cl. The van der Waals surface area contributed by atoms with Crippen molar-refractivity contribution in [2.45, 2.75) is 0 Å². The molecule has 0 fully saturated rings. The van der Waals surface area contributed by atoms with Gasteiger partial charge in [-0.1, -0.05) is 41.4 Å². The maximum atomic E-state index is 12.0. The summed E-state index contributed by atoms with van der Waals surface area (Å²) in [4.78, 5) is 37.0. The molecule has 1 heterocycles. The largest absolute Gasteiger partial charge is 0.487 e. The number of carbonyl (C=O) groups excluding carboxylic acids is 3. The van der Waals surface area contributed by atoms with E-state index in [1.54, 1.807) is 42.5 Å². The molecule has 0 N–H and O–H groups in total. The summed E-state index contributed by atoms with van der Waals surface area (Å²) in [5.74, 6) is -1.73. The van der Waals surface area contributed by atoms with Crippen LogP contribution in [0.15, 0.2) is 42.5 Å². The number of benzene rings is 2. The van der Waals surface area contributed by atoms with Gasteiger partial charge in [0.05, 0.1) is 21.3 Å². The summed E-state index contributed by atoms with van der Waals surface area (Å²) in [6.45, 7) is -0.370. The van der Waals surface area contributed by atoms with Crippen LogP contribution in [0.3, 0.4) is 0 Å². The maximum Gasteiger partial charge on any atom is 0.326 e. The molecule has 8 heteroatoms. The summed E-state index contributed by atoms with van der Waals surface area (Å²) < 4.78 is 10.5. The lowest BCUT2D eigenvalue weighted by atomic mass is 10.1. The van der Waals surface area contributed by atoms with Gasteiger partial charge in [0.15, 0.2) is 5.75 Å². The number of para-hydroxylation sites is 2. The molecule has 1 amide bonds. The van der Waals surface area contributed by atoms with Gasteiger partial charge in [-0.05, 0) is 24.3 Å². The molecular weight excluding hydrogens is 381 g/mol. The molecule has 0 bridgehead atoms. The first-order chi connectivity index (χ1) is 12.5. The number of ether oxygens (including phenoxy) is 2. The summed E-state index contributed by atoms with van der Waals surface area (Å²) in [7, 11) is 0. The summed E-state index contributed by atoms with van der Waals surface area (Å²) >= 11 is 11.9. The molecule has 0 aliphatic carbocycles. The summed E-state index contributed by atoms with van der Waals surface area (Å²) in [6.07, 6.45) is 0. The van der Waals surface area contributed by atoms with Gasteiger partial charge in [-0.15, -0.1) is 0 Å². The lowest BCUT2D eigenvalue weighted by Gasteiger charge is -2.15. The van der Waals surface area contributed by atoms with Crippen molar-refractivity contribution in [3.05, 3.63) is 58.1 Å². The lowest BCUT2D eigenvalue weighted by molar-refractivity contribution is -0.143. The highest BCUT2D eigenvalue weighted by atomic mass is 35.5. The third-order valence-corrected chi connectivity index (χ3v) is 4.27. The zero-order chi connectivity index (χ0) is 18.7. The fraction of sp³-hybridized carbons (Fsp3) is 0.167. The lowest BCUT2D eigenvalue weighted by Crippen LogP contribution is -2.35. The van der Waals surface area contributed by atoms with E-state index in [0.29, 0.717) is 21.5 Å². The summed E-state index contributed by atoms with van der Waals surface area (Å²) in [6, 6.07) is 11.4. The monoisotopic (exact) mass is 393 g/mol. The molecular formula is C18H13Cl2NO5. The molecule has 3 rings (SSSR count). The molecule has 0 radical (unpaired) electrons. The minimum Gasteiger partial charge on any atom is -0.487 e.